The monoisotopic (exact) mass is 539 g/mol. The molecule has 0 aliphatic carbocycles. The van der Waals surface area contributed by atoms with Gasteiger partial charge < -0.3 is 8.92 Å². The van der Waals surface area contributed by atoms with E-state index in [1.165, 1.54) is 18.2 Å². The van der Waals surface area contributed by atoms with Gasteiger partial charge in [0, 0.05) is 12.1 Å². The standard InChI is InChI=1S/C19H14BrN3O9S/c1-2-31-15-9-10(7-13-17(24)21-19(26)22-18(13)25)8-14(20)16(15)32-33(29,30)12-5-3-11(4-6-12)23(27)28/h3-9H,2H2,1H3,(H2,21,22,24,25,26). The molecule has 1 fully saturated rings. The molecule has 3 rings (SSSR count). The van der Waals surface area contributed by atoms with Crippen molar-refractivity contribution >= 4 is 55.7 Å². The smallest absolute Gasteiger partial charge is 0.339 e. The van der Waals surface area contributed by atoms with Crippen molar-refractivity contribution in [3.63, 3.8) is 0 Å². The number of barbiturate groups is 1. The van der Waals surface area contributed by atoms with Gasteiger partial charge in [-0.15, -0.1) is 0 Å². The number of benzene rings is 2. The summed E-state index contributed by atoms with van der Waals surface area (Å²) in [6.07, 6.45) is 1.18. The van der Waals surface area contributed by atoms with Crippen LogP contribution in [0.1, 0.15) is 12.5 Å². The molecular formula is C19H14BrN3O9S. The largest absolute Gasteiger partial charge is 0.490 e. The number of hydrogen-bond donors (Lipinski definition) is 2. The summed E-state index contributed by atoms with van der Waals surface area (Å²) in [4.78, 5) is 44.9. The van der Waals surface area contributed by atoms with E-state index in [0.29, 0.717) is 0 Å². The van der Waals surface area contributed by atoms with Crippen LogP contribution in [0.25, 0.3) is 6.08 Å². The third-order valence-electron chi connectivity index (χ3n) is 4.12. The zero-order valence-electron chi connectivity index (χ0n) is 16.7. The molecule has 1 saturated heterocycles. The second-order valence-corrected chi connectivity index (χ2v) is 8.75. The van der Waals surface area contributed by atoms with Crippen LogP contribution in [-0.4, -0.2) is 37.8 Å². The molecule has 0 saturated carbocycles. The summed E-state index contributed by atoms with van der Waals surface area (Å²) in [6.45, 7) is 1.76. The van der Waals surface area contributed by atoms with Crippen LogP contribution in [0, 0.1) is 10.1 Å². The highest BCUT2D eigenvalue weighted by Gasteiger charge is 2.28. The van der Waals surface area contributed by atoms with Crippen molar-refractivity contribution in [1.82, 2.24) is 10.6 Å². The maximum atomic E-state index is 12.7. The lowest BCUT2D eigenvalue weighted by Crippen LogP contribution is -2.51. The summed E-state index contributed by atoms with van der Waals surface area (Å²) in [6, 6.07) is 5.86. The van der Waals surface area contributed by atoms with E-state index < -0.39 is 32.9 Å². The third-order valence-corrected chi connectivity index (χ3v) is 5.94. The first kappa shape index (κ1) is 23.9. The Hall–Kier alpha value is -3.78. The number of amides is 4. The molecule has 12 nitrogen and oxygen atoms in total. The average Bonchev–Trinajstić information content (AvgIpc) is 2.73. The minimum atomic E-state index is -4.40. The van der Waals surface area contributed by atoms with Crippen molar-refractivity contribution in [2.45, 2.75) is 11.8 Å². The Labute approximate surface area is 195 Å². The quantitative estimate of drug-likeness (QED) is 0.176. The molecule has 1 heterocycles. The summed E-state index contributed by atoms with van der Waals surface area (Å²) < 4.78 is 36.2. The van der Waals surface area contributed by atoms with E-state index in [2.05, 4.69) is 15.9 Å². The van der Waals surface area contributed by atoms with Gasteiger partial charge in [0.05, 0.1) is 16.0 Å². The lowest BCUT2D eigenvalue weighted by molar-refractivity contribution is -0.384. The number of nitrogens with zero attached hydrogens (tertiary/aromatic N) is 1. The number of halogens is 1. The SMILES string of the molecule is CCOc1cc(C=C2C(=O)NC(=O)NC2=O)cc(Br)c1OS(=O)(=O)c1ccc([N+](=O)[O-])cc1. The van der Waals surface area contributed by atoms with E-state index in [-0.39, 0.29) is 44.3 Å². The highest BCUT2D eigenvalue weighted by atomic mass is 79.9. The number of nitro benzene ring substituents is 1. The topological polar surface area (TPSA) is 171 Å². The summed E-state index contributed by atoms with van der Waals surface area (Å²) in [7, 11) is -4.40. The summed E-state index contributed by atoms with van der Waals surface area (Å²) in [5.74, 6) is -2.06. The lowest BCUT2D eigenvalue weighted by Gasteiger charge is -2.16. The van der Waals surface area contributed by atoms with Crippen molar-refractivity contribution in [1.29, 1.82) is 0 Å². The van der Waals surface area contributed by atoms with Gasteiger partial charge in [-0.05, 0) is 58.8 Å². The molecular weight excluding hydrogens is 526 g/mol. The molecule has 0 atom stereocenters. The maximum Gasteiger partial charge on any atom is 0.339 e. The number of imide groups is 2. The molecule has 4 amide bonds. The third kappa shape index (κ3) is 5.35. The van der Waals surface area contributed by atoms with Gasteiger partial charge in [0.25, 0.3) is 17.5 Å². The molecule has 2 N–H and O–H groups in total. The highest BCUT2D eigenvalue weighted by Crippen LogP contribution is 2.39. The van der Waals surface area contributed by atoms with Gasteiger partial charge in [-0.3, -0.25) is 30.3 Å². The maximum absolute atomic E-state index is 12.7. The van der Waals surface area contributed by atoms with Crippen molar-refractivity contribution < 1.29 is 36.6 Å². The van der Waals surface area contributed by atoms with Crippen LogP contribution < -0.4 is 19.6 Å². The summed E-state index contributed by atoms with van der Waals surface area (Å²) in [5, 5.41) is 14.7. The number of carbonyl (C=O) groups is 3. The molecule has 0 spiro atoms. The number of hydrogen-bond acceptors (Lipinski definition) is 9. The number of carbonyl (C=O) groups excluding carboxylic acids is 3. The van der Waals surface area contributed by atoms with Crippen LogP contribution in [0.2, 0.25) is 0 Å². The lowest BCUT2D eigenvalue weighted by atomic mass is 10.1. The molecule has 1 aliphatic rings. The summed E-state index contributed by atoms with van der Waals surface area (Å²) in [5.41, 5.74) is -0.379. The predicted octanol–water partition coefficient (Wildman–Crippen LogP) is 2.27. The molecule has 2 aromatic rings. The number of nitro groups is 1. The molecule has 172 valence electrons. The van der Waals surface area contributed by atoms with Crippen LogP contribution >= 0.6 is 15.9 Å². The Bertz CT molecular complexity index is 1280. The van der Waals surface area contributed by atoms with Gasteiger partial charge >= 0.3 is 16.1 Å². The molecule has 14 heteroatoms. The molecule has 0 bridgehead atoms. The molecule has 1 aliphatic heterocycles. The Balaban J connectivity index is 1.98. The van der Waals surface area contributed by atoms with Crippen molar-refractivity contribution in [3.8, 4) is 11.5 Å². The fraction of sp³-hybridized carbons (Fsp3) is 0.105. The average molecular weight is 540 g/mol. The molecule has 0 aromatic heterocycles. The van der Waals surface area contributed by atoms with Crippen LogP contribution in [-0.2, 0) is 19.7 Å². The van der Waals surface area contributed by atoms with E-state index in [9.17, 15) is 32.9 Å². The van der Waals surface area contributed by atoms with Gasteiger partial charge in [-0.25, -0.2) is 4.79 Å². The zero-order valence-corrected chi connectivity index (χ0v) is 19.1. The first-order chi connectivity index (χ1) is 15.5. The van der Waals surface area contributed by atoms with E-state index in [0.717, 1.165) is 24.3 Å². The van der Waals surface area contributed by atoms with Crippen LogP contribution in [0.3, 0.4) is 0 Å². The highest BCUT2D eigenvalue weighted by molar-refractivity contribution is 9.10. The fourth-order valence-corrected chi connectivity index (χ4v) is 4.29. The van der Waals surface area contributed by atoms with Crippen LogP contribution in [0.5, 0.6) is 11.5 Å². The second-order valence-electron chi connectivity index (χ2n) is 6.35. The summed E-state index contributed by atoms with van der Waals surface area (Å²) >= 11 is 3.19. The Morgan fingerprint density at radius 1 is 1.09 bits per heavy atom. The molecule has 0 unspecified atom stereocenters. The molecule has 33 heavy (non-hydrogen) atoms. The first-order valence-electron chi connectivity index (χ1n) is 9.05. The van der Waals surface area contributed by atoms with Crippen LogP contribution in [0.15, 0.2) is 51.3 Å². The van der Waals surface area contributed by atoms with Gasteiger partial charge in [0.15, 0.2) is 11.5 Å². The predicted molar refractivity (Wildman–Crippen MR) is 116 cm³/mol. The van der Waals surface area contributed by atoms with E-state index in [1.807, 2.05) is 10.6 Å². The van der Waals surface area contributed by atoms with Crippen molar-refractivity contribution in [2.24, 2.45) is 0 Å². The van der Waals surface area contributed by atoms with Gasteiger partial charge in [-0.1, -0.05) is 0 Å². The number of non-ortho nitro benzene ring substituents is 1. The van der Waals surface area contributed by atoms with E-state index >= 15 is 0 Å². The molecule has 0 radical (unpaired) electrons. The minimum Gasteiger partial charge on any atom is -0.490 e. The number of ether oxygens (including phenoxy) is 1. The number of rotatable bonds is 7. The second kappa shape index (κ2) is 9.38. The van der Waals surface area contributed by atoms with E-state index in [4.69, 9.17) is 8.92 Å². The Morgan fingerprint density at radius 3 is 2.24 bits per heavy atom. The zero-order chi connectivity index (χ0) is 24.3. The van der Waals surface area contributed by atoms with Crippen molar-refractivity contribution in [2.75, 3.05) is 6.61 Å². The normalized spacial score (nSPS) is 13.8. The van der Waals surface area contributed by atoms with Gasteiger partial charge in [0.1, 0.15) is 10.5 Å². The number of nitrogens with one attached hydrogen (secondary N) is 2. The fourth-order valence-electron chi connectivity index (χ4n) is 2.68. The Morgan fingerprint density at radius 2 is 1.70 bits per heavy atom. The van der Waals surface area contributed by atoms with E-state index in [1.54, 1.807) is 6.92 Å². The first-order valence-corrected chi connectivity index (χ1v) is 11.3. The minimum absolute atomic E-state index is 0.0306. The molecule has 2 aromatic carbocycles. The number of urea groups is 1. The van der Waals surface area contributed by atoms with Crippen LogP contribution in [0.4, 0.5) is 10.5 Å². The Kier molecular flexibility index (Phi) is 6.78. The van der Waals surface area contributed by atoms with Gasteiger partial charge in [0.2, 0.25) is 0 Å². The van der Waals surface area contributed by atoms with Crippen molar-refractivity contribution in [3.05, 3.63) is 62.1 Å². The van der Waals surface area contributed by atoms with Gasteiger partial charge in [-0.2, -0.15) is 8.42 Å².